The van der Waals surface area contributed by atoms with Crippen molar-refractivity contribution < 1.29 is 9.59 Å². The molecule has 138 valence electrons. The van der Waals surface area contributed by atoms with E-state index in [0.29, 0.717) is 6.54 Å². The Morgan fingerprint density at radius 2 is 1.73 bits per heavy atom. The Kier molecular flexibility index (Phi) is 7.37. The van der Waals surface area contributed by atoms with E-state index in [1.807, 2.05) is 42.5 Å². The van der Waals surface area contributed by atoms with Gasteiger partial charge in [0, 0.05) is 31.0 Å². The van der Waals surface area contributed by atoms with Crippen LogP contribution in [0.1, 0.15) is 52.4 Å². The topological polar surface area (TPSA) is 72.2 Å². The van der Waals surface area contributed by atoms with Gasteiger partial charge in [0.1, 0.15) is 0 Å². The van der Waals surface area contributed by atoms with Gasteiger partial charge in [-0.25, -0.2) is 0 Å². The Balaban J connectivity index is 0.00000243. The Bertz CT molecular complexity index is 762. The summed E-state index contributed by atoms with van der Waals surface area (Å²) >= 11 is 0. The van der Waals surface area contributed by atoms with E-state index in [1.54, 1.807) is 0 Å². The quantitative estimate of drug-likeness (QED) is 0.732. The van der Waals surface area contributed by atoms with Crippen molar-refractivity contribution in [3.63, 3.8) is 0 Å². The van der Waals surface area contributed by atoms with Gasteiger partial charge in [0.05, 0.1) is 0 Å². The number of halogens is 1. The van der Waals surface area contributed by atoms with E-state index < -0.39 is 0 Å². The van der Waals surface area contributed by atoms with Crippen LogP contribution in [0.4, 0.5) is 0 Å². The molecule has 1 aliphatic rings. The van der Waals surface area contributed by atoms with Crippen molar-refractivity contribution in [3.8, 4) is 0 Å². The zero-order valence-electron chi connectivity index (χ0n) is 14.7. The molecule has 0 saturated heterocycles. The largest absolute Gasteiger partial charge is 0.354 e. The van der Waals surface area contributed by atoms with Crippen LogP contribution in [-0.2, 0) is 17.6 Å². The summed E-state index contributed by atoms with van der Waals surface area (Å²) in [6.07, 6.45) is 3.74. The predicted octanol–water partition coefficient (Wildman–Crippen LogP) is 3.38. The number of aryl methyl sites for hydroxylation is 2. The van der Waals surface area contributed by atoms with Crippen molar-refractivity contribution in [1.82, 2.24) is 5.32 Å². The van der Waals surface area contributed by atoms with Crippen LogP contribution in [0.2, 0.25) is 0 Å². The molecule has 0 spiro atoms. The molecule has 1 aliphatic carbocycles. The molecular weight excluding hydrogens is 348 g/mol. The van der Waals surface area contributed by atoms with Crippen LogP contribution in [0, 0.1) is 0 Å². The van der Waals surface area contributed by atoms with Crippen LogP contribution < -0.4 is 11.1 Å². The summed E-state index contributed by atoms with van der Waals surface area (Å²) in [4.78, 5) is 24.3. The van der Waals surface area contributed by atoms with Crippen molar-refractivity contribution in [2.24, 2.45) is 5.73 Å². The minimum atomic E-state index is -0.238. The molecule has 1 atom stereocenters. The predicted molar refractivity (Wildman–Crippen MR) is 106 cm³/mol. The maximum absolute atomic E-state index is 12.3. The van der Waals surface area contributed by atoms with E-state index in [1.165, 1.54) is 11.1 Å². The fourth-order valence-electron chi connectivity index (χ4n) is 3.25. The number of hydrogen-bond donors (Lipinski definition) is 2. The number of carbonyl (C=O) groups excluding carboxylic acids is 2. The van der Waals surface area contributed by atoms with Gasteiger partial charge in [0.25, 0.3) is 0 Å². The molecular formula is C21H25ClN2O2. The summed E-state index contributed by atoms with van der Waals surface area (Å²) in [5.41, 5.74) is 10.4. The van der Waals surface area contributed by atoms with Crippen LogP contribution in [0.3, 0.4) is 0 Å². The first-order chi connectivity index (χ1) is 12.1. The van der Waals surface area contributed by atoms with Gasteiger partial charge in [-0.15, -0.1) is 12.4 Å². The van der Waals surface area contributed by atoms with Gasteiger partial charge in [0.2, 0.25) is 5.91 Å². The molecule has 0 fully saturated rings. The van der Waals surface area contributed by atoms with Gasteiger partial charge in [-0.05, 0) is 42.0 Å². The molecule has 5 heteroatoms. The fraction of sp³-hybridized carbons (Fsp3) is 0.333. The fourth-order valence-corrected chi connectivity index (χ4v) is 3.25. The van der Waals surface area contributed by atoms with E-state index in [0.717, 1.165) is 30.4 Å². The second kappa shape index (κ2) is 9.51. The minimum Gasteiger partial charge on any atom is -0.354 e. The number of fused-ring (bicyclic) bond motifs is 1. The van der Waals surface area contributed by atoms with E-state index in [4.69, 9.17) is 5.73 Å². The molecule has 2 aromatic carbocycles. The molecule has 0 saturated carbocycles. The number of amides is 1. The Morgan fingerprint density at radius 3 is 2.50 bits per heavy atom. The third kappa shape index (κ3) is 5.16. The standard InChI is InChI=1S/C21H24N2O2.ClH/c22-19(16-5-2-1-3-6-16)14-23-21(25)12-11-20(24)18-10-9-15-7-4-8-17(15)13-18;/h1-3,5-6,9-10,13,19H,4,7-8,11-12,14,22H2,(H,23,25);1H. The van der Waals surface area contributed by atoms with Crippen LogP contribution in [0.25, 0.3) is 0 Å². The second-order valence-corrected chi connectivity index (χ2v) is 6.58. The maximum Gasteiger partial charge on any atom is 0.220 e. The zero-order valence-corrected chi connectivity index (χ0v) is 15.6. The molecule has 3 rings (SSSR count). The lowest BCUT2D eigenvalue weighted by Crippen LogP contribution is -2.32. The summed E-state index contributed by atoms with van der Waals surface area (Å²) in [5.74, 6) is -0.113. The van der Waals surface area contributed by atoms with Crippen LogP contribution in [-0.4, -0.2) is 18.2 Å². The number of ketones is 1. The van der Waals surface area contributed by atoms with Crippen molar-refractivity contribution in [1.29, 1.82) is 0 Å². The summed E-state index contributed by atoms with van der Waals surface area (Å²) in [6, 6.07) is 15.3. The molecule has 26 heavy (non-hydrogen) atoms. The van der Waals surface area contributed by atoms with E-state index in [2.05, 4.69) is 11.4 Å². The molecule has 4 nitrogen and oxygen atoms in total. The molecule has 0 aromatic heterocycles. The summed E-state index contributed by atoms with van der Waals surface area (Å²) in [5, 5.41) is 2.81. The first-order valence-corrected chi connectivity index (χ1v) is 8.85. The third-order valence-electron chi connectivity index (χ3n) is 4.75. The van der Waals surface area contributed by atoms with Crippen molar-refractivity contribution >= 4 is 24.1 Å². The number of carbonyl (C=O) groups is 2. The Morgan fingerprint density at radius 1 is 1.00 bits per heavy atom. The number of hydrogen-bond acceptors (Lipinski definition) is 3. The normalized spacial score (nSPS) is 13.4. The molecule has 0 radical (unpaired) electrons. The summed E-state index contributed by atoms with van der Waals surface area (Å²) in [6.45, 7) is 0.371. The Labute approximate surface area is 160 Å². The summed E-state index contributed by atoms with van der Waals surface area (Å²) in [7, 11) is 0. The molecule has 2 aromatic rings. The highest BCUT2D eigenvalue weighted by atomic mass is 35.5. The van der Waals surface area contributed by atoms with Gasteiger partial charge >= 0.3 is 0 Å². The van der Waals surface area contributed by atoms with Crippen molar-refractivity contribution in [2.45, 2.75) is 38.1 Å². The first-order valence-electron chi connectivity index (χ1n) is 8.85. The lowest BCUT2D eigenvalue weighted by molar-refractivity contribution is -0.121. The second-order valence-electron chi connectivity index (χ2n) is 6.58. The number of Topliss-reactive ketones (excluding diaryl/α,β-unsaturated/α-hetero) is 1. The molecule has 0 aliphatic heterocycles. The number of nitrogens with two attached hydrogens (primary N) is 1. The lowest BCUT2D eigenvalue weighted by Gasteiger charge is -2.13. The smallest absolute Gasteiger partial charge is 0.220 e. The van der Waals surface area contributed by atoms with Gasteiger partial charge in [-0.3, -0.25) is 9.59 Å². The van der Waals surface area contributed by atoms with Gasteiger partial charge in [-0.1, -0.05) is 42.5 Å². The van der Waals surface area contributed by atoms with Crippen LogP contribution in [0.15, 0.2) is 48.5 Å². The van der Waals surface area contributed by atoms with Gasteiger partial charge in [0.15, 0.2) is 5.78 Å². The monoisotopic (exact) mass is 372 g/mol. The van der Waals surface area contributed by atoms with E-state index in [9.17, 15) is 9.59 Å². The minimum absolute atomic E-state index is 0. The summed E-state index contributed by atoms with van der Waals surface area (Å²) < 4.78 is 0. The number of benzene rings is 2. The van der Waals surface area contributed by atoms with E-state index in [-0.39, 0.29) is 43.0 Å². The van der Waals surface area contributed by atoms with Crippen LogP contribution in [0.5, 0.6) is 0 Å². The SMILES string of the molecule is Cl.NC(CNC(=O)CCC(=O)c1ccc2c(c1)CCC2)c1ccccc1. The Hall–Kier alpha value is -2.17. The number of nitrogens with one attached hydrogen (secondary N) is 1. The zero-order chi connectivity index (χ0) is 17.6. The average molecular weight is 373 g/mol. The van der Waals surface area contributed by atoms with Crippen molar-refractivity contribution in [3.05, 3.63) is 70.8 Å². The molecule has 1 amide bonds. The highest BCUT2D eigenvalue weighted by Crippen LogP contribution is 2.23. The highest BCUT2D eigenvalue weighted by molar-refractivity contribution is 5.98. The van der Waals surface area contributed by atoms with E-state index >= 15 is 0 Å². The van der Waals surface area contributed by atoms with Gasteiger partial charge < -0.3 is 11.1 Å². The maximum atomic E-state index is 12.3. The molecule has 3 N–H and O–H groups in total. The van der Waals surface area contributed by atoms with Crippen molar-refractivity contribution in [2.75, 3.05) is 6.54 Å². The number of rotatable bonds is 7. The average Bonchev–Trinajstić information content (AvgIpc) is 3.12. The van der Waals surface area contributed by atoms with Crippen LogP contribution >= 0.6 is 12.4 Å². The molecule has 1 unspecified atom stereocenters. The molecule has 0 bridgehead atoms. The third-order valence-corrected chi connectivity index (χ3v) is 4.75. The van der Waals surface area contributed by atoms with Gasteiger partial charge in [-0.2, -0.15) is 0 Å². The highest BCUT2D eigenvalue weighted by Gasteiger charge is 2.15. The molecule has 0 heterocycles. The first kappa shape index (κ1) is 20.1. The lowest BCUT2D eigenvalue weighted by atomic mass is 10.0.